The summed E-state index contributed by atoms with van der Waals surface area (Å²) in [6.45, 7) is 4.20. The fourth-order valence-electron chi connectivity index (χ4n) is 10.4. The second kappa shape index (κ2) is 73.5. The van der Waals surface area contributed by atoms with Gasteiger partial charge in [0.25, 0.3) is 0 Å². The molecule has 0 aromatic carbocycles. The number of hydrogen-bond donors (Lipinski definition) is 3. The number of rotatable bonds is 65. The van der Waals surface area contributed by atoms with Crippen LogP contribution in [0.5, 0.6) is 0 Å². The molecule has 0 aliphatic carbocycles. The van der Waals surface area contributed by atoms with Crippen molar-refractivity contribution in [2.75, 3.05) is 6.61 Å². The van der Waals surface area contributed by atoms with Crippen molar-refractivity contribution in [1.82, 2.24) is 5.32 Å². The Kier molecular flexibility index (Phi) is 70.3. The Hall–Kier alpha value is -3.73. The van der Waals surface area contributed by atoms with Crippen molar-refractivity contribution in [3.05, 3.63) is 146 Å². The number of carbonyl (C=O) groups excluding carboxylic acids is 1. The molecular weight excluding hydrogens is 1020 g/mol. The third-order valence-electron chi connectivity index (χ3n) is 15.8. The Labute approximate surface area is 523 Å². The standard InChI is InChI=1S/C80H137NO3/c1-3-5-7-9-11-13-15-17-19-21-23-25-27-29-31-33-35-36-37-38-39-40-41-42-43-44-46-48-50-52-54-56-58-60-62-64-66-68-70-72-74-76-80(84)81-78(77-82)79(83)75-73-71-69-67-65-63-61-59-57-55-53-51-49-47-45-34-32-30-28-26-24-22-20-18-16-14-12-10-8-6-4-2/h5,7,11,13,17,19,23,25,29,31,35-36,38-39,41-42,44,46,57,59,65,67,73,75,78-79,82-83H,3-4,6,8-10,12,14-16,18,20-22,24,26-28,30,32-34,37,40,43,45,47-56,58,60-64,66,68-72,74,76-77H2,1-2H3,(H,81,84)/b7-5-,13-11-,19-17-,25-23-,31-29-,36-35-,39-38-,42-41-,46-44-,59-57+,67-65+,75-73+. The molecule has 2 unspecified atom stereocenters. The Bertz CT molecular complexity index is 1700. The van der Waals surface area contributed by atoms with Crippen molar-refractivity contribution < 1.29 is 15.0 Å². The number of nitrogens with one attached hydrogen (secondary N) is 1. The van der Waals surface area contributed by atoms with Crippen LogP contribution >= 0.6 is 0 Å². The van der Waals surface area contributed by atoms with Gasteiger partial charge in [0.15, 0.2) is 0 Å². The van der Waals surface area contributed by atoms with Gasteiger partial charge in [0.05, 0.1) is 18.8 Å². The van der Waals surface area contributed by atoms with Gasteiger partial charge in [-0.15, -0.1) is 0 Å². The van der Waals surface area contributed by atoms with E-state index in [9.17, 15) is 15.0 Å². The van der Waals surface area contributed by atoms with Crippen LogP contribution in [-0.4, -0.2) is 34.9 Å². The first-order valence-corrected chi connectivity index (χ1v) is 36.0. The third-order valence-corrected chi connectivity index (χ3v) is 15.8. The maximum Gasteiger partial charge on any atom is 0.220 e. The topological polar surface area (TPSA) is 69.6 Å². The predicted octanol–water partition coefficient (Wildman–Crippen LogP) is 25.0. The van der Waals surface area contributed by atoms with Crippen molar-refractivity contribution in [3.8, 4) is 0 Å². The molecule has 84 heavy (non-hydrogen) atoms. The average Bonchev–Trinajstić information content (AvgIpc) is 3.51. The van der Waals surface area contributed by atoms with Crippen LogP contribution in [0.3, 0.4) is 0 Å². The van der Waals surface area contributed by atoms with Crippen molar-refractivity contribution in [2.45, 2.75) is 347 Å². The van der Waals surface area contributed by atoms with E-state index < -0.39 is 12.1 Å². The maximum atomic E-state index is 12.5. The lowest BCUT2D eigenvalue weighted by atomic mass is 10.0. The maximum absolute atomic E-state index is 12.5. The molecule has 0 aromatic rings. The molecule has 0 aliphatic rings. The molecule has 1 amide bonds. The fraction of sp³-hybridized carbons (Fsp3) is 0.688. The number of hydrogen-bond acceptors (Lipinski definition) is 3. The number of allylic oxidation sites excluding steroid dienone is 23. The molecule has 0 saturated heterocycles. The van der Waals surface area contributed by atoms with Crippen LogP contribution in [-0.2, 0) is 4.79 Å². The Morgan fingerprint density at radius 2 is 0.536 bits per heavy atom. The molecule has 0 heterocycles. The van der Waals surface area contributed by atoms with E-state index in [0.29, 0.717) is 6.42 Å². The van der Waals surface area contributed by atoms with E-state index >= 15 is 0 Å². The largest absolute Gasteiger partial charge is 0.394 e. The summed E-state index contributed by atoms with van der Waals surface area (Å²) in [6.07, 6.45) is 115. The molecule has 0 rings (SSSR count). The lowest BCUT2D eigenvalue weighted by Crippen LogP contribution is -2.45. The first kappa shape index (κ1) is 80.3. The molecule has 0 bridgehead atoms. The van der Waals surface area contributed by atoms with Crippen LogP contribution in [0.2, 0.25) is 0 Å². The van der Waals surface area contributed by atoms with Crippen molar-refractivity contribution in [2.24, 2.45) is 0 Å². The molecule has 2 atom stereocenters. The number of aliphatic hydroxyl groups is 2. The molecule has 0 spiro atoms. The summed E-state index contributed by atoms with van der Waals surface area (Å²) in [4.78, 5) is 12.5. The van der Waals surface area contributed by atoms with Crippen LogP contribution in [0, 0.1) is 0 Å². The lowest BCUT2D eigenvalue weighted by molar-refractivity contribution is -0.123. The summed E-state index contributed by atoms with van der Waals surface area (Å²) in [7, 11) is 0. The normalized spacial score (nSPS) is 13.6. The summed E-state index contributed by atoms with van der Waals surface area (Å²) in [5, 5.41) is 23.3. The van der Waals surface area contributed by atoms with Crippen LogP contribution in [0.15, 0.2) is 146 Å². The Balaban J connectivity index is 3.57. The summed E-state index contributed by atoms with van der Waals surface area (Å²) < 4.78 is 0. The molecule has 0 fully saturated rings. The fourth-order valence-corrected chi connectivity index (χ4v) is 10.4. The van der Waals surface area contributed by atoms with Crippen LogP contribution < -0.4 is 5.32 Å². The minimum absolute atomic E-state index is 0.0814. The Morgan fingerprint density at radius 3 is 0.833 bits per heavy atom. The van der Waals surface area contributed by atoms with Gasteiger partial charge in [0.1, 0.15) is 0 Å². The highest BCUT2D eigenvalue weighted by atomic mass is 16.3. The molecule has 4 nitrogen and oxygen atoms in total. The minimum atomic E-state index is -0.881. The Morgan fingerprint density at radius 1 is 0.298 bits per heavy atom. The third kappa shape index (κ3) is 69.0. The van der Waals surface area contributed by atoms with Gasteiger partial charge >= 0.3 is 0 Å². The zero-order chi connectivity index (χ0) is 60.5. The van der Waals surface area contributed by atoms with Gasteiger partial charge in [-0.2, -0.15) is 0 Å². The second-order valence-corrected chi connectivity index (χ2v) is 23.9. The number of amides is 1. The zero-order valence-corrected chi connectivity index (χ0v) is 55.4. The van der Waals surface area contributed by atoms with Gasteiger partial charge in [0.2, 0.25) is 5.91 Å². The zero-order valence-electron chi connectivity index (χ0n) is 55.4. The van der Waals surface area contributed by atoms with Crippen molar-refractivity contribution in [3.63, 3.8) is 0 Å². The summed E-state index contributed by atoms with van der Waals surface area (Å²) in [6, 6.07) is -0.657. The molecule has 0 aromatic heterocycles. The molecule has 480 valence electrons. The predicted molar refractivity (Wildman–Crippen MR) is 377 cm³/mol. The monoisotopic (exact) mass is 1160 g/mol. The molecule has 0 saturated carbocycles. The van der Waals surface area contributed by atoms with Gasteiger partial charge < -0.3 is 15.5 Å². The molecular formula is C80H137NO3. The minimum Gasteiger partial charge on any atom is -0.394 e. The highest BCUT2D eigenvalue weighted by molar-refractivity contribution is 5.76. The van der Waals surface area contributed by atoms with E-state index in [1.807, 2.05) is 6.08 Å². The van der Waals surface area contributed by atoms with E-state index in [0.717, 1.165) is 96.3 Å². The van der Waals surface area contributed by atoms with E-state index in [2.05, 4.69) is 153 Å². The lowest BCUT2D eigenvalue weighted by Gasteiger charge is -2.19. The van der Waals surface area contributed by atoms with Gasteiger partial charge in [0, 0.05) is 6.42 Å². The van der Waals surface area contributed by atoms with E-state index in [1.165, 1.54) is 218 Å². The molecule has 0 aliphatic heterocycles. The van der Waals surface area contributed by atoms with Gasteiger partial charge in [-0.1, -0.05) is 359 Å². The van der Waals surface area contributed by atoms with Gasteiger partial charge in [-0.25, -0.2) is 0 Å². The number of unbranched alkanes of at least 4 members (excludes halogenated alkanes) is 36. The highest BCUT2D eigenvalue weighted by Gasteiger charge is 2.18. The van der Waals surface area contributed by atoms with Gasteiger partial charge in [-0.05, 0) is 116 Å². The number of carbonyl (C=O) groups is 1. The van der Waals surface area contributed by atoms with Gasteiger partial charge in [-0.3, -0.25) is 4.79 Å². The first-order chi connectivity index (χ1) is 41.7. The van der Waals surface area contributed by atoms with Crippen molar-refractivity contribution >= 4 is 5.91 Å². The van der Waals surface area contributed by atoms with Crippen LogP contribution in [0.25, 0.3) is 0 Å². The number of aliphatic hydroxyl groups excluding tert-OH is 2. The quantitative estimate of drug-likeness (QED) is 0.0420. The van der Waals surface area contributed by atoms with E-state index in [-0.39, 0.29) is 12.5 Å². The van der Waals surface area contributed by atoms with Crippen LogP contribution in [0.4, 0.5) is 0 Å². The van der Waals surface area contributed by atoms with E-state index in [1.54, 1.807) is 6.08 Å². The van der Waals surface area contributed by atoms with E-state index in [4.69, 9.17) is 0 Å². The summed E-state index contributed by atoms with van der Waals surface area (Å²) >= 11 is 0. The smallest absolute Gasteiger partial charge is 0.220 e. The molecule has 0 radical (unpaired) electrons. The second-order valence-electron chi connectivity index (χ2n) is 23.9. The summed E-state index contributed by atoms with van der Waals surface area (Å²) in [5.74, 6) is -0.0814. The van der Waals surface area contributed by atoms with Crippen molar-refractivity contribution in [1.29, 1.82) is 0 Å². The van der Waals surface area contributed by atoms with Crippen LogP contribution in [0.1, 0.15) is 335 Å². The average molecular weight is 1160 g/mol. The summed E-state index contributed by atoms with van der Waals surface area (Å²) in [5.41, 5.74) is 0. The molecule has 4 heteroatoms. The SMILES string of the molecule is CC/C=C\C/C=C\C/C=C\C/C=C\C/C=C\C/C=C\C/C=C\C/C=C\C/C=C\CCCCCCCCCCCCCCCC(=O)NC(CO)C(O)/C=C/CC/C=C/CC/C=C/CCCCCCCCCCCCCCCCCCCCCCC. The highest BCUT2D eigenvalue weighted by Crippen LogP contribution is 2.17. The molecule has 3 N–H and O–H groups in total. The first-order valence-electron chi connectivity index (χ1n) is 36.0.